The van der Waals surface area contributed by atoms with Crippen molar-refractivity contribution >= 4 is 33.4 Å². The molecule has 1 aliphatic rings. The van der Waals surface area contributed by atoms with E-state index >= 15 is 0 Å². The summed E-state index contributed by atoms with van der Waals surface area (Å²) in [4.78, 5) is 27.1. The molecular weight excluding hydrogens is 466 g/mol. The van der Waals surface area contributed by atoms with Crippen molar-refractivity contribution in [1.82, 2.24) is 14.5 Å². The number of sulfonamides is 1. The first-order valence-corrected chi connectivity index (χ1v) is 12.4. The minimum Gasteiger partial charge on any atom is -0.496 e. The first-order chi connectivity index (χ1) is 15.6. The summed E-state index contributed by atoms with van der Waals surface area (Å²) in [7, 11) is 0.613. The average molecular weight is 494 g/mol. The first kappa shape index (κ1) is 25.0. The Balaban J connectivity index is 1.59. The molecule has 33 heavy (non-hydrogen) atoms. The number of rotatable bonds is 7. The maximum atomic E-state index is 12.7. The van der Waals surface area contributed by atoms with E-state index in [2.05, 4.69) is 5.32 Å². The third-order valence-electron chi connectivity index (χ3n) is 5.67. The van der Waals surface area contributed by atoms with E-state index in [9.17, 15) is 18.0 Å². The quantitative estimate of drug-likeness (QED) is 0.639. The van der Waals surface area contributed by atoms with Crippen LogP contribution in [0.5, 0.6) is 5.75 Å². The predicted octanol–water partition coefficient (Wildman–Crippen LogP) is 2.56. The lowest BCUT2D eigenvalue weighted by Gasteiger charge is -2.32. The van der Waals surface area contributed by atoms with Gasteiger partial charge in [-0.3, -0.25) is 9.59 Å². The lowest BCUT2D eigenvalue weighted by atomic mass is 10.0. The van der Waals surface area contributed by atoms with Crippen LogP contribution in [0.3, 0.4) is 0 Å². The van der Waals surface area contributed by atoms with Crippen molar-refractivity contribution in [3.63, 3.8) is 0 Å². The van der Waals surface area contributed by atoms with Crippen molar-refractivity contribution in [3.05, 3.63) is 58.6 Å². The van der Waals surface area contributed by atoms with Crippen molar-refractivity contribution in [2.24, 2.45) is 0 Å². The molecular formula is C23H28ClN3O5S. The van der Waals surface area contributed by atoms with E-state index in [1.165, 1.54) is 32.3 Å². The van der Waals surface area contributed by atoms with Crippen molar-refractivity contribution in [3.8, 4) is 5.75 Å². The number of ether oxygens (including phenoxy) is 1. The Morgan fingerprint density at radius 3 is 2.45 bits per heavy atom. The summed E-state index contributed by atoms with van der Waals surface area (Å²) in [5, 5.41) is 3.00. The Bertz CT molecular complexity index is 1130. The number of para-hydroxylation sites is 1. The normalized spacial score (nSPS) is 14.9. The lowest BCUT2D eigenvalue weighted by molar-refractivity contribution is -0.131. The van der Waals surface area contributed by atoms with Crippen LogP contribution in [-0.2, 0) is 21.2 Å². The zero-order chi connectivity index (χ0) is 24.2. The van der Waals surface area contributed by atoms with Crippen LogP contribution in [0.1, 0.15) is 28.8 Å². The van der Waals surface area contributed by atoms with Crippen molar-refractivity contribution in [2.75, 3.05) is 34.3 Å². The van der Waals surface area contributed by atoms with Gasteiger partial charge in [0.1, 0.15) is 10.6 Å². The molecule has 1 heterocycles. The smallest absolute Gasteiger partial charge is 0.251 e. The Kier molecular flexibility index (Phi) is 7.99. The second-order valence-corrected chi connectivity index (χ2v) is 10.6. The van der Waals surface area contributed by atoms with Crippen LogP contribution in [0.15, 0.2) is 47.4 Å². The van der Waals surface area contributed by atoms with Crippen molar-refractivity contribution < 1.29 is 22.7 Å². The van der Waals surface area contributed by atoms with Gasteiger partial charge in [0.05, 0.1) is 18.6 Å². The molecule has 0 aromatic heterocycles. The maximum absolute atomic E-state index is 12.7. The van der Waals surface area contributed by atoms with Gasteiger partial charge in [-0.05, 0) is 37.1 Å². The van der Waals surface area contributed by atoms with Gasteiger partial charge in [0.25, 0.3) is 5.91 Å². The van der Waals surface area contributed by atoms with E-state index in [1.807, 2.05) is 24.3 Å². The topological polar surface area (TPSA) is 96.0 Å². The van der Waals surface area contributed by atoms with Crippen LogP contribution in [0.2, 0.25) is 5.02 Å². The Hall–Kier alpha value is -2.62. The molecule has 10 heteroatoms. The van der Waals surface area contributed by atoms with Crippen molar-refractivity contribution in [1.29, 1.82) is 0 Å². The molecule has 8 nitrogen and oxygen atoms in total. The molecule has 0 radical (unpaired) electrons. The highest BCUT2D eigenvalue weighted by Crippen LogP contribution is 2.25. The van der Waals surface area contributed by atoms with Gasteiger partial charge < -0.3 is 15.0 Å². The molecule has 178 valence electrons. The Morgan fingerprint density at radius 2 is 1.82 bits per heavy atom. The molecule has 2 amide bonds. The molecule has 0 saturated carbocycles. The minimum absolute atomic E-state index is 0.0144. The summed E-state index contributed by atoms with van der Waals surface area (Å²) >= 11 is 6.06. The third-order valence-corrected chi connectivity index (χ3v) is 7.97. The summed E-state index contributed by atoms with van der Waals surface area (Å²) in [6.07, 6.45) is 1.48. The molecule has 1 aliphatic heterocycles. The van der Waals surface area contributed by atoms with E-state index in [0.29, 0.717) is 31.7 Å². The zero-order valence-corrected chi connectivity index (χ0v) is 20.4. The zero-order valence-electron chi connectivity index (χ0n) is 18.9. The number of amides is 2. The van der Waals surface area contributed by atoms with Crippen LogP contribution in [0.25, 0.3) is 0 Å². The van der Waals surface area contributed by atoms with Gasteiger partial charge in [-0.1, -0.05) is 29.8 Å². The lowest BCUT2D eigenvalue weighted by Crippen LogP contribution is -2.47. The van der Waals surface area contributed by atoms with Crippen LogP contribution in [-0.4, -0.2) is 69.8 Å². The number of carbonyl (C=O) groups excluding carboxylic acids is 2. The fourth-order valence-electron chi connectivity index (χ4n) is 3.70. The number of halogens is 1. The molecule has 2 aromatic rings. The summed E-state index contributed by atoms with van der Waals surface area (Å²) in [5.41, 5.74) is 1.06. The molecule has 0 atom stereocenters. The highest BCUT2D eigenvalue weighted by molar-refractivity contribution is 7.89. The largest absolute Gasteiger partial charge is 0.496 e. The number of likely N-dealkylation sites (tertiary alicyclic amines) is 1. The summed E-state index contributed by atoms with van der Waals surface area (Å²) in [5.74, 6) is 0.327. The van der Waals surface area contributed by atoms with E-state index in [-0.39, 0.29) is 39.8 Å². The van der Waals surface area contributed by atoms with Crippen LogP contribution < -0.4 is 10.1 Å². The fraction of sp³-hybridized carbons (Fsp3) is 0.391. The average Bonchev–Trinajstić information content (AvgIpc) is 2.79. The van der Waals surface area contributed by atoms with Crippen LogP contribution >= 0.6 is 11.6 Å². The predicted molar refractivity (Wildman–Crippen MR) is 126 cm³/mol. The molecule has 0 bridgehead atoms. The summed E-state index contributed by atoms with van der Waals surface area (Å²) in [6, 6.07) is 11.5. The van der Waals surface area contributed by atoms with Gasteiger partial charge in [-0.15, -0.1) is 0 Å². The van der Waals surface area contributed by atoms with E-state index in [4.69, 9.17) is 16.3 Å². The molecule has 0 unspecified atom stereocenters. The number of benzene rings is 2. The molecule has 1 fully saturated rings. The highest BCUT2D eigenvalue weighted by atomic mass is 35.5. The summed E-state index contributed by atoms with van der Waals surface area (Å²) in [6.45, 7) is 1.06. The fourth-order valence-corrected chi connectivity index (χ4v) is 5.10. The van der Waals surface area contributed by atoms with Gasteiger partial charge in [-0.25, -0.2) is 12.7 Å². The van der Waals surface area contributed by atoms with Gasteiger partial charge >= 0.3 is 0 Å². The van der Waals surface area contributed by atoms with E-state index < -0.39 is 10.0 Å². The molecule has 3 rings (SSSR count). The van der Waals surface area contributed by atoms with E-state index in [1.54, 1.807) is 12.0 Å². The molecule has 0 aliphatic carbocycles. The molecule has 1 saturated heterocycles. The minimum atomic E-state index is -3.78. The maximum Gasteiger partial charge on any atom is 0.251 e. The number of methoxy groups -OCH3 is 1. The Labute approximate surface area is 199 Å². The first-order valence-electron chi connectivity index (χ1n) is 10.6. The van der Waals surface area contributed by atoms with Crippen molar-refractivity contribution in [2.45, 2.75) is 30.2 Å². The third kappa shape index (κ3) is 5.85. The Morgan fingerprint density at radius 1 is 1.15 bits per heavy atom. The number of nitrogens with one attached hydrogen (secondary N) is 1. The highest BCUT2D eigenvalue weighted by Gasteiger charge is 2.26. The number of hydrogen-bond acceptors (Lipinski definition) is 5. The summed E-state index contributed by atoms with van der Waals surface area (Å²) < 4.78 is 31.3. The van der Waals surface area contributed by atoms with Gasteiger partial charge in [0, 0.05) is 44.4 Å². The number of nitrogens with zero attached hydrogens (tertiary/aromatic N) is 2. The van der Waals surface area contributed by atoms with Crippen LogP contribution in [0.4, 0.5) is 0 Å². The second-order valence-electron chi connectivity index (χ2n) is 8.05. The van der Waals surface area contributed by atoms with Gasteiger partial charge in [0.2, 0.25) is 15.9 Å². The van der Waals surface area contributed by atoms with Gasteiger partial charge in [-0.2, -0.15) is 0 Å². The molecule has 0 spiro atoms. The number of piperidine rings is 1. The monoisotopic (exact) mass is 493 g/mol. The van der Waals surface area contributed by atoms with Gasteiger partial charge in [0.15, 0.2) is 0 Å². The molecule has 1 N–H and O–H groups in total. The SMILES string of the molecule is COc1ccccc1CC(=O)N1CCC(NC(=O)c2ccc(Cl)c(S(=O)(=O)N(C)C)c2)CC1. The molecule has 2 aromatic carbocycles. The number of hydrogen-bond donors (Lipinski definition) is 1. The standard InChI is InChI=1S/C23H28ClN3O5S/c1-26(2)33(30,31)21-14-17(8-9-19(21)24)23(29)25-18-10-12-27(13-11-18)22(28)15-16-6-4-5-7-20(16)32-3/h4-9,14,18H,10-13,15H2,1-3H3,(H,25,29). The second kappa shape index (κ2) is 10.5. The number of carbonyl (C=O) groups is 2. The van der Waals surface area contributed by atoms with Crippen LogP contribution in [0, 0.1) is 0 Å². The van der Waals surface area contributed by atoms with E-state index in [0.717, 1.165) is 9.87 Å².